The summed E-state index contributed by atoms with van der Waals surface area (Å²) < 4.78 is 1.74. The lowest BCUT2D eigenvalue weighted by molar-refractivity contribution is 0.139. The minimum absolute atomic E-state index is 0.552. The number of carbonyl (C=O) groups excluding carboxylic acids is 1. The van der Waals surface area contributed by atoms with Crippen molar-refractivity contribution >= 4 is 28.7 Å². The van der Waals surface area contributed by atoms with E-state index in [1.807, 2.05) is 22.6 Å². The van der Waals surface area contributed by atoms with Crippen LogP contribution in [0.2, 0.25) is 0 Å². The van der Waals surface area contributed by atoms with Gasteiger partial charge >= 0.3 is 6.09 Å². The van der Waals surface area contributed by atoms with Crippen LogP contribution < -0.4 is 10.6 Å². The highest BCUT2D eigenvalue weighted by Crippen LogP contribution is 1.97. The molecule has 1 heterocycles. The third kappa shape index (κ3) is 1.59. The predicted molar refractivity (Wildman–Crippen MR) is 41.1 cm³/mol. The van der Waals surface area contributed by atoms with Crippen LogP contribution in [-0.4, -0.2) is 15.8 Å². The number of carbonyl (C=O) groups is 1. The van der Waals surface area contributed by atoms with Crippen molar-refractivity contribution < 1.29 is 9.63 Å². The largest absolute Gasteiger partial charge is 0.429 e. The highest BCUT2D eigenvalue weighted by Gasteiger charge is 2.00. The van der Waals surface area contributed by atoms with Crippen molar-refractivity contribution in [2.75, 3.05) is 0 Å². The maximum atomic E-state index is 10.2. The van der Waals surface area contributed by atoms with Crippen molar-refractivity contribution in [2.45, 2.75) is 0 Å². The fraction of sp³-hybridized carbons (Fsp3) is 0. The third-order valence-electron chi connectivity index (χ3n) is 0.753. The molecule has 0 bridgehead atoms. The first-order valence-corrected chi connectivity index (χ1v) is 3.44. The normalized spacial score (nSPS) is 9.30. The van der Waals surface area contributed by atoms with Gasteiger partial charge in [0.05, 0.1) is 6.20 Å². The molecule has 6 heteroatoms. The minimum Gasteiger partial charge on any atom is -0.333 e. The van der Waals surface area contributed by atoms with Crippen molar-refractivity contribution in [1.82, 2.24) is 9.71 Å². The molecule has 1 amide bonds. The topological polar surface area (TPSA) is 70.1 Å². The van der Waals surface area contributed by atoms with Crippen LogP contribution in [0.15, 0.2) is 12.4 Å². The fourth-order valence-electron chi connectivity index (χ4n) is 0.439. The molecule has 0 radical (unpaired) electrons. The number of hydrogen-bond donors (Lipinski definition) is 1. The number of primary amides is 1. The van der Waals surface area contributed by atoms with Gasteiger partial charge in [0.1, 0.15) is 0 Å². The Hall–Kier alpha value is -0.790. The molecule has 10 heavy (non-hydrogen) atoms. The maximum Gasteiger partial charge on any atom is 0.429 e. The monoisotopic (exact) mass is 253 g/mol. The molecule has 0 saturated heterocycles. The van der Waals surface area contributed by atoms with Crippen LogP contribution in [0.3, 0.4) is 0 Å². The lowest BCUT2D eigenvalue weighted by atomic mass is 11.0. The lowest BCUT2D eigenvalue weighted by Gasteiger charge is -1.98. The van der Waals surface area contributed by atoms with E-state index in [-0.39, 0.29) is 0 Å². The van der Waals surface area contributed by atoms with Crippen molar-refractivity contribution in [3.05, 3.63) is 16.2 Å². The molecular weight excluding hydrogens is 249 g/mol. The number of nitrogens with zero attached hydrogens (tertiary/aromatic N) is 2. The Bertz CT molecular complexity index is 246. The van der Waals surface area contributed by atoms with Crippen LogP contribution in [0.5, 0.6) is 0 Å². The molecule has 0 aliphatic carbocycles. The van der Waals surface area contributed by atoms with Crippen LogP contribution >= 0.6 is 22.6 Å². The lowest BCUT2D eigenvalue weighted by Crippen LogP contribution is -2.25. The molecule has 0 saturated carbocycles. The second-order valence-electron chi connectivity index (χ2n) is 1.43. The summed E-state index contributed by atoms with van der Waals surface area (Å²) in [5.41, 5.74) is 4.74. The Balaban J connectivity index is 2.74. The first-order chi connectivity index (χ1) is 4.70. The number of nitrogens with two attached hydrogens (primary N) is 1. The quantitative estimate of drug-likeness (QED) is 0.716. The Morgan fingerprint density at radius 3 is 3.00 bits per heavy atom. The van der Waals surface area contributed by atoms with Crippen LogP contribution in [0.25, 0.3) is 0 Å². The predicted octanol–water partition coefficient (Wildman–Crippen LogP) is -0.00500. The van der Waals surface area contributed by atoms with Crippen molar-refractivity contribution in [3.63, 3.8) is 0 Å². The molecule has 1 aromatic rings. The van der Waals surface area contributed by atoms with E-state index in [9.17, 15) is 4.79 Å². The molecule has 2 N–H and O–H groups in total. The zero-order valence-corrected chi connectivity index (χ0v) is 6.98. The van der Waals surface area contributed by atoms with E-state index >= 15 is 0 Å². The van der Waals surface area contributed by atoms with Crippen LogP contribution in [0.4, 0.5) is 4.79 Å². The minimum atomic E-state index is -0.851. The molecule has 0 spiro atoms. The highest BCUT2D eigenvalue weighted by atomic mass is 127. The van der Waals surface area contributed by atoms with E-state index in [1.54, 1.807) is 0 Å². The summed E-state index contributed by atoms with van der Waals surface area (Å²) in [4.78, 5) is 18.4. The second-order valence-corrected chi connectivity index (χ2v) is 2.40. The van der Waals surface area contributed by atoms with Gasteiger partial charge in [-0.05, 0) is 0 Å². The summed E-state index contributed by atoms with van der Waals surface area (Å²) in [6.45, 7) is 0. The van der Waals surface area contributed by atoms with E-state index in [1.165, 1.54) is 17.1 Å². The van der Waals surface area contributed by atoms with Crippen molar-refractivity contribution in [1.29, 1.82) is 0 Å². The van der Waals surface area contributed by atoms with Gasteiger partial charge in [-0.25, -0.2) is 9.78 Å². The Labute approximate surface area is 70.3 Å². The first-order valence-electron chi connectivity index (χ1n) is 2.37. The van der Waals surface area contributed by atoms with Crippen molar-refractivity contribution in [2.24, 2.45) is 5.73 Å². The molecule has 0 aliphatic rings. The molecule has 0 fully saturated rings. The van der Waals surface area contributed by atoms with Gasteiger partial charge in [0.2, 0.25) is 3.83 Å². The Morgan fingerprint density at radius 1 is 1.90 bits per heavy atom. The number of rotatable bonds is 1. The average molecular weight is 253 g/mol. The van der Waals surface area contributed by atoms with E-state index in [0.717, 1.165) is 0 Å². The Kier molecular flexibility index (Phi) is 2.10. The van der Waals surface area contributed by atoms with Gasteiger partial charge in [0.25, 0.3) is 0 Å². The van der Waals surface area contributed by atoms with Crippen molar-refractivity contribution in [3.8, 4) is 0 Å². The van der Waals surface area contributed by atoms with Gasteiger partial charge in [-0.3, -0.25) is 0 Å². The van der Waals surface area contributed by atoms with Gasteiger partial charge in [-0.1, -0.05) is 0 Å². The van der Waals surface area contributed by atoms with Crippen LogP contribution in [0.1, 0.15) is 0 Å². The fourth-order valence-corrected chi connectivity index (χ4v) is 0.859. The summed E-state index contributed by atoms with van der Waals surface area (Å²) in [6.07, 6.45) is 2.15. The van der Waals surface area contributed by atoms with E-state index in [2.05, 4.69) is 9.82 Å². The van der Waals surface area contributed by atoms with Crippen LogP contribution in [0, 0.1) is 3.83 Å². The summed E-state index contributed by atoms with van der Waals surface area (Å²) in [7, 11) is 0. The molecule has 5 nitrogen and oxygen atoms in total. The number of imidazole rings is 1. The average Bonchev–Trinajstić information content (AvgIpc) is 2.15. The SMILES string of the molecule is NC(=O)On1ccnc1I. The molecule has 0 unspecified atom stereocenters. The zero-order valence-electron chi connectivity index (χ0n) is 4.82. The molecule has 1 aromatic heterocycles. The number of amides is 1. The van der Waals surface area contributed by atoms with Crippen LogP contribution in [-0.2, 0) is 0 Å². The highest BCUT2D eigenvalue weighted by molar-refractivity contribution is 14.1. The van der Waals surface area contributed by atoms with Gasteiger partial charge in [-0.15, -0.1) is 0 Å². The molecule has 1 rings (SSSR count). The molecular formula is C4H4IN3O2. The van der Waals surface area contributed by atoms with Gasteiger partial charge in [0.15, 0.2) is 0 Å². The van der Waals surface area contributed by atoms with E-state index in [4.69, 9.17) is 5.73 Å². The zero-order chi connectivity index (χ0) is 7.56. The smallest absolute Gasteiger partial charge is 0.333 e. The van der Waals surface area contributed by atoms with Gasteiger partial charge < -0.3 is 10.6 Å². The molecule has 0 aromatic carbocycles. The summed E-state index contributed by atoms with van der Waals surface area (Å²) in [5, 5.41) is 0. The summed E-state index contributed by atoms with van der Waals surface area (Å²) in [6, 6.07) is 0. The number of halogens is 1. The number of aromatic nitrogens is 2. The van der Waals surface area contributed by atoms with E-state index < -0.39 is 6.09 Å². The van der Waals surface area contributed by atoms with E-state index in [0.29, 0.717) is 3.83 Å². The summed E-state index contributed by atoms with van der Waals surface area (Å²) in [5.74, 6) is 0. The van der Waals surface area contributed by atoms with Gasteiger partial charge in [-0.2, -0.15) is 4.73 Å². The molecule has 0 aliphatic heterocycles. The second kappa shape index (κ2) is 2.86. The maximum absolute atomic E-state index is 10.2. The molecule has 54 valence electrons. The third-order valence-corrected chi connectivity index (χ3v) is 1.51. The van der Waals surface area contributed by atoms with Gasteiger partial charge in [0, 0.05) is 28.8 Å². The molecule has 0 atom stereocenters. The number of hydrogen-bond acceptors (Lipinski definition) is 3. The standard InChI is InChI=1S/C4H4IN3O2/c5-3-7-1-2-8(3)10-4(6)9/h1-2H,(H2,6,9). The first kappa shape index (κ1) is 7.32. The Morgan fingerprint density at radius 2 is 2.60 bits per heavy atom. The summed E-state index contributed by atoms with van der Waals surface area (Å²) >= 11 is 1.91.